The standard InChI is InChI=1S/C6H5F7O3/c1-15-3(14)16-2-4(7,8)5(9,10)6(11,12)13/h2H2,1H3. The van der Waals surface area contributed by atoms with Crippen molar-refractivity contribution < 1.29 is 45.0 Å². The van der Waals surface area contributed by atoms with Crippen LogP contribution in [0.4, 0.5) is 35.5 Å². The van der Waals surface area contributed by atoms with Gasteiger partial charge in [-0.25, -0.2) is 4.79 Å². The highest BCUT2D eigenvalue weighted by Gasteiger charge is 2.73. The summed E-state index contributed by atoms with van der Waals surface area (Å²) in [6.45, 7) is -2.44. The van der Waals surface area contributed by atoms with Crippen molar-refractivity contribution in [1.82, 2.24) is 0 Å². The summed E-state index contributed by atoms with van der Waals surface area (Å²) in [5, 5.41) is 0. The van der Waals surface area contributed by atoms with Gasteiger partial charge in [0.05, 0.1) is 7.11 Å². The normalized spacial score (nSPS) is 13.5. The topological polar surface area (TPSA) is 35.5 Å². The van der Waals surface area contributed by atoms with Gasteiger partial charge < -0.3 is 9.47 Å². The van der Waals surface area contributed by atoms with Gasteiger partial charge in [0.25, 0.3) is 0 Å². The first-order chi connectivity index (χ1) is 6.95. The van der Waals surface area contributed by atoms with E-state index in [2.05, 4.69) is 9.47 Å². The minimum absolute atomic E-state index is 0.669. The van der Waals surface area contributed by atoms with E-state index in [0.29, 0.717) is 7.11 Å². The summed E-state index contributed by atoms with van der Waals surface area (Å²) in [5.74, 6) is -11.9. The number of alkyl halides is 7. The molecule has 0 aliphatic carbocycles. The van der Waals surface area contributed by atoms with Gasteiger partial charge in [-0.1, -0.05) is 0 Å². The van der Waals surface area contributed by atoms with Gasteiger partial charge in [-0.15, -0.1) is 0 Å². The molecule has 0 spiro atoms. The quantitative estimate of drug-likeness (QED) is 0.576. The lowest BCUT2D eigenvalue weighted by molar-refractivity contribution is -0.359. The minimum Gasteiger partial charge on any atom is -0.438 e. The highest BCUT2D eigenvalue weighted by atomic mass is 19.4. The molecule has 3 nitrogen and oxygen atoms in total. The number of hydrogen-bond donors (Lipinski definition) is 0. The third kappa shape index (κ3) is 2.89. The van der Waals surface area contributed by atoms with E-state index in [0.717, 1.165) is 0 Å². The van der Waals surface area contributed by atoms with Gasteiger partial charge >= 0.3 is 24.2 Å². The predicted octanol–water partition coefficient (Wildman–Crippen LogP) is 2.60. The van der Waals surface area contributed by atoms with Crippen LogP contribution in [-0.4, -0.2) is 37.9 Å². The van der Waals surface area contributed by atoms with Crippen molar-refractivity contribution in [2.75, 3.05) is 13.7 Å². The molecule has 0 unspecified atom stereocenters. The number of carbonyl (C=O) groups is 1. The van der Waals surface area contributed by atoms with Crippen molar-refractivity contribution in [3.05, 3.63) is 0 Å². The molecule has 0 aliphatic heterocycles. The van der Waals surface area contributed by atoms with Gasteiger partial charge in [0.1, 0.15) is 0 Å². The lowest BCUT2D eigenvalue weighted by Crippen LogP contribution is -2.54. The lowest BCUT2D eigenvalue weighted by Gasteiger charge is -2.27. The van der Waals surface area contributed by atoms with E-state index in [-0.39, 0.29) is 0 Å². The molecule has 0 saturated heterocycles. The van der Waals surface area contributed by atoms with Crippen LogP contribution in [0.5, 0.6) is 0 Å². The maximum atomic E-state index is 12.4. The van der Waals surface area contributed by atoms with Gasteiger partial charge in [0, 0.05) is 0 Å². The number of ether oxygens (including phenoxy) is 2. The van der Waals surface area contributed by atoms with Crippen LogP contribution < -0.4 is 0 Å². The van der Waals surface area contributed by atoms with E-state index in [1.807, 2.05) is 0 Å². The Labute approximate surface area is 84.1 Å². The Kier molecular flexibility index (Phi) is 4.01. The van der Waals surface area contributed by atoms with E-state index in [9.17, 15) is 35.5 Å². The molecular formula is C6H5F7O3. The average molecular weight is 258 g/mol. The molecule has 0 radical (unpaired) electrons. The third-order valence-electron chi connectivity index (χ3n) is 1.35. The molecule has 0 bridgehead atoms. The van der Waals surface area contributed by atoms with E-state index < -0.39 is 30.8 Å². The Morgan fingerprint density at radius 3 is 1.81 bits per heavy atom. The molecule has 0 fully saturated rings. The molecule has 0 N–H and O–H groups in total. The summed E-state index contributed by atoms with van der Waals surface area (Å²) in [6.07, 6.45) is -8.24. The summed E-state index contributed by atoms with van der Waals surface area (Å²) in [6, 6.07) is 0. The molecule has 16 heavy (non-hydrogen) atoms. The molecule has 0 aromatic rings. The predicted molar refractivity (Wildman–Crippen MR) is 34.3 cm³/mol. The molecule has 0 heterocycles. The maximum Gasteiger partial charge on any atom is 0.508 e. The van der Waals surface area contributed by atoms with Crippen molar-refractivity contribution in [3.63, 3.8) is 0 Å². The smallest absolute Gasteiger partial charge is 0.438 e. The number of halogens is 7. The third-order valence-corrected chi connectivity index (χ3v) is 1.35. The molecule has 0 amide bonds. The maximum absolute atomic E-state index is 12.4. The Bertz CT molecular complexity index is 259. The second-order valence-corrected chi connectivity index (χ2v) is 2.52. The Morgan fingerprint density at radius 1 is 1.06 bits per heavy atom. The zero-order chi connectivity index (χ0) is 13.2. The first-order valence-corrected chi connectivity index (χ1v) is 3.49. The highest BCUT2D eigenvalue weighted by molar-refractivity contribution is 5.59. The first-order valence-electron chi connectivity index (χ1n) is 3.49. The molecule has 0 aliphatic rings. The Hall–Kier alpha value is -1.22. The fourth-order valence-corrected chi connectivity index (χ4v) is 0.506. The van der Waals surface area contributed by atoms with Gasteiger partial charge in [-0.2, -0.15) is 30.7 Å². The summed E-state index contributed by atoms with van der Waals surface area (Å²) >= 11 is 0. The van der Waals surface area contributed by atoms with Crippen LogP contribution in [0.2, 0.25) is 0 Å². The fourth-order valence-electron chi connectivity index (χ4n) is 0.506. The first kappa shape index (κ1) is 14.8. The van der Waals surface area contributed by atoms with Crippen LogP contribution in [-0.2, 0) is 9.47 Å². The van der Waals surface area contributed by atoms with Crippen LogP contribution in [0.1, 0.15) is 0 Å². The van der Waals surface area contributed by atoms with E-state index in [4.69, 9.17) is 0 Å². The van der Waals surface area contributed by atoms with Gasteiger partial charge in [0.2, 0.25) is 0 Å². The van der Waals surface area contributed by atoms with E-state index in [1.165, 1.54) is 0 Å². The largest absolute Gasteiger partial charge is 0.508 e. The minimum atomic E-state index is -6.45. The monoisotopic (exact) mass is 258 g/mol. The number of methoxy groups -OCH3 is 1. The van der Waals surface area contributed by atoms with Crippen LogP contribution in [0, 0.1) is 0 Å². The highest BCUT2D eigenvalue weighted by Crippen LogP contribution is 2.46. The second-order valence-electron chi connectivity index (χ2n) is 2.52. The van der Waals surface area contributed by atoms with E-state index in [1.54, 1.807) is 0 Å². The summed E-state index contributed by atoms with van der Waals surface area (Å²) < 4.78 is 90.7. The number of carbonyl (C=O) groups excluding carboxylic acids is 1. The van der Waals surface area contributed by atoms with Gasteiger partial charge in [-0.05, 0) is 0 Å². The van der Waals surface area contributed by atoms with Crippen molar-refractivity contribution in [2.45, 2.75) is 18.0 Å². The zero-order valence-corrected chi connectivity index (χ0v) is 7.58. The SMILES string of the molecule is COC(=O)OCC(F)(F)C(F)(F)C(F)(F)F. The van der Waals surface area contributed by atoms with E-state index >= 15 is 0 Å². The van der Waals surface area contributed by atoms with Crippen LogP contribution in [0.15, 0.2) is 0 Å². The zero-order valence-electron chi connectivity index (χ0n) is 7.58. The lowest BCUT2D eigenvalue weighted by atomic mass is 10.2. The number of hydrogen-bond acceptors (Lipinski definition) is 3. The number of rotatable bonds is 3. The summed E-state index contributed by atoms with van der Waals surface area (Å²) in [7, 11) is 0.669. The molecule has 10 heteroatoms. The molecule has 0 aromatic carbocycles. The Morgan fingerprint density at radius 2 is 1.50 bits per heavy atom. The average Bonchev–Trinajstić information content (AvgIpc) is 2.12. The Balaban J connectivity index is 4.72. The van der Waals surface area contributed by atoms with Crippen molar-refractivity contribution in [3.8, 4) is 0 Å². The van der Waals surface area contributed by atoms with Gasteiger partial charge in [-0.3, -0.25) is 0 Å². The van der Waals surface area contributed by atoms with Crippen molar-refractivity contribution >= 4 is 6.16 Å². The molecular weight excluding hydrogens is 253 g/mol. The molecule has 0 atom stereocenters. The van der Waals surface area contributed by atoms with Gasteiger partial charge in [0.15, 0.2) is 6.61 Å². The summed E-state index contributed by atoms with van der Waals surface area (Å²) in [4.78, 5) is 10.1. The van der Waals surface area contributed by atoms with Crippen LogP contribution >= 0.6 is 0 Å². The molecule has 0 rings (SSSR count). The molecule has 0 saturated carbocycles. The van der Waals surface area contributed by atoms with Crippen LogP contribution in [0.25, 0.3) is 0 Å². The van der Waals surface area contributed by atoms with Crippen molar-refractivity contribution in [1.29, 1.82) is 0 Å². The van der Waals surface area contributed by atoms with Crippen LogP contribution in [0.3, 0.4) is 0 Å². The molecule has 0 aromatic heterocycles. The van der Waals surface area contributed by atoms with Crippen molar-refractivity contribution in [2.24, 2.45) is 0 Å². The molecule has 96 valence electrons. The summed E-state index contributed by atoms with van der Waals surface area (Å²) in [5.41, 5.74) is 0. The fraction of sp³-hybridized carbons (Fsp3) is 0.833. The second kappa shape index (κ2) is 4.34.